The third-order valence-electron chi connectivity index (χ3n) is 0.491. The lowest BCUT2D eigenvalue weighted by molar-refractivity contribution is 0.513. The second kappa shape index (κ2) is 1.68. The zero-order valence-electron chi connectivity index (χ0n) is 3.43. The number of halogens is 1. The molecule has 0 N–H and O–H groups in total. The van der Waals surface area contributed by atoms with E-state index in [1.165, 1.54) is 0 Å². The fourth-order valence-electron chi connectivity index (χ4n) is 0.226. The first-order valence-corrected chi connectivity index (χ1v) is 3.84. The molecule has 0 fully saturated rings. The van der Waals surface area contributed by atoms with E-state index >= 15 is 0 Å². The molecular weight excluding hydrogens is 191 g/mol. The van der Waals surface area contributed by atoms with Gasteiger partial charge in [-0.2, -0.15) is 0 Å². The monoisotopic (exact) mass is 196 g/mol. The summed E-state index contributed by atoms with van der Waals surface area (Å²) in [5, 5.41) is 1.85. The highest BCUT2D eigenvalue weighted by Gasteiger charge is 1.84. The van der Waals surface area contributed by atoms with Crippen LogP contribution in [0.25, 0.3) is 0 Å². The van der Waals surface area contributed by atoms with Gasteiger partial charge in [-0.05, 0) is 0 Å². The topological polar surface area (TPSA) is 15.6 Å². The van der Waals surface area contributed by atoms with Crippen molar-refractivity contribution in [2.75, 3.05) is 7.05 Å². The summed E-state index contributed by atoms with van der Waals surface area (Å²) < 4.78 is 6.19. The van der Waals surface area contributed by atoms with Crippen molar-refractivity contribution in [2.24, 2.45) is 3.25 Å². The Bertz CT molecular complexity index is 85.0. The maximum atomic E-state index is 4.07. The first-order chi connectivity index (χ1) is 2.89. The summed E-state index contributed by atoms with van der Waals surface area (Å²) >= 11 is 0.0724. The molecule has 2 nitrogen and oxygen atoms in total. The van der Waals surface area contributed by atoms with Gasteiger partial charge in [0.1, 0.15) is 0 Å². The number of hydrogen-bond donors (Lipinski definition) is 0. The highest BCUT2D eigenvalue weighted by Crippen LogP contribution is 2.11. The molecule has 0 bridgehead atoms. The zero-order chi connectivity index (χ0) is 4.41. The van der Waals surface area contributed by atoms with Gasteiger partial charge in [-0.15, -0.1) is 3.25 Å². The van der Waals surface area contributed by atoms with Crippen molar-refractivity contribution in [2.45, 2.75) is 0 Å². The van der Waals surface area contributed by atoms with Gasteiger partial charge in [-0.3, -0.25) is 5.01 Å². The van der Waals surface area contributed by atoms with Crippen LogP contribution < -0.4 is 0 Å². The third-order valence-corrected chi connectivity index (χ3v) is 2.06. The SMILES string of the molecule is CN1C=CI=N1. The maximum absolute atomic E-state index is 4.07. The van der Waals surface area contributed by atoms with Crippen molar-refractivity contribution >= 4 is 21.0 Å². The molecular formula is C3H5IN2. The van der Waals surface area contributed by atoms with E-state index in [1.807, 2.05) is 18.3 Å². The lowest BCUT2D eigenvalue weighted by Gasteiger charge is -1.94. The predicted octanol–water partition coefficient (Wildman–Crippen LogP) is 1.47. The fraction of sp³-hybridized carbons (Fsp3) is 0.333. The molecule has 0 saturated heterocycles. The van der Waals surface area contributed by atoms with E-state index in [4.69, 9.17) is 0 Å². The highest BCUT2D eigenvalue weighted by molar-refractivity contribution is 14.2. The van der Waals surface area contributed by atoms with Crippen LogP contribution in [0.3, 0.4) is 0 Å². The quantitative estimate of drug-likeness (QED) is 0.535. The smallest absolute Gasteiger partial charge is 0.0487 e. The molecule has 1 aliphatic heterocycles. The zero-order valence-corrected chi connectivity index (χ0v) is 5.58. The maximum Gasteiger partial charge on any atom is 0.0487 e. The van der Waals surface area contributed by atoms with Crippen LogP contribution in [0.1, 0.15) is 0 Å². The molecule has 0 saturated carbocycles. The Balaban J connectivity index is 2.60. The molecule has 0 radical (unpaired) electrons. The van der Waals surface area contributed by atoms with Crippen molar-refractivity contribution in [3.05, 3.63) is 10.3 Å². The summed E-state index contributed by atoms with van der Waals surface area (Å²) in [6.07, 6.45) is 1.99. The van der Waals surface area contributed by atoms with Crippen molar-refractivity contribution in [1.29, 1.82) is 0 Å². The Labute approximate surface area is 47.0 Å². The molecule has 0 spiro atoms. The van der Waals surface area contributed by atoms with Crippen molar-refractivity contribution < 1.29 is 0 Å². The summed E-state index contributed by atoms with van der Waals surface area (Å²) in [6, 6.07) is 0. The summed E-state index contributed by atoms with van der Waals surface area (Å²) in [7, 11) is 1.95. The Kier molecular flexibility index (Phi) is 1.19. The van der Waals surface area contributed by atoms with Gasteiger partial charge in [0.05, 0.1) is 0 Å². The number of nitrogens with zero attached hydrogens (tertiary/aromatic N) is 2. The molecule has 34 valence electrons. The van der Waals surface area contributed by atoms with Crippen LogP contribution in [0.15, 0.2) is 13.5 Å². The average molecular weight is 196 g/mol. The summed E-state index contributed by atoms with van der Waals surface area (Å²) in [5.74, 6) is 0. The van der Waals surface area contributed by atoms with Gasteiger partial charge in [0, 0.05) is 38.4 Å². The van der Waals surface area contributed by atoms with Crippen LogP contribution in [0.5, 0.6) is 0 Å². The van der Waals surface area contributed by atoms with Gasteiger partial charge >= 0.3 is 0 Å². The van der Waals surface area contributed by atoms with E-state index in [1.54, 1.807) is 0 Å². The third kappa shape index (κ3) is 0.767. The van der Waals surface area contributed by atoms with Gasteiger partial charge in [-0.1, -0.05) is 0 Å². The second-order valence-electron chi connectivity index (χ2n) is 1.02. The van der Waals surface area contributed by atoms with E-state index in [-0.39, 0.29) is 21.0 Å². The minimum absolute atomic E-state index is 0.0724. The molecule has 0 aliphatic carbocycles. The highest BCUT2D eigenvalue weighted by atomic mass is 127. The van der Waals surface area contributed by atoms with Crippen LogP contribution >= 0.6 is 21.0 Å². The Morgan fingerprint density at radius 3 is 2.83 bits per heavy atom. The molecule has 1 heterocycles. The molecule has 1 rings (SSSR count). The average Bonchev–Trinajstić information content (AvgIpc) is 1.86. The lowest BCUT2D eigenvalue weighted by Crippen LogP contribution is -1.93. The van der Waals surface area contributed by atoms with E-state index in [0.717, 1.165) is 0 Å². The Morgan fingerprint density at radius 1 is 1.83 bits per heavy atom. The van der Waals surface area contributed by atoms with Crippen LogP contribution in [-0.4, -0.2) is 12.1 Å². The number of rotatable bonds is 0. The largest absolute Gasteiger partial charge is 0.271 e. The molecule has 0 amide bonds. The second-order valence-corrected chi connectivity index (χ2v) is 2.73. The Morgan fingerprint density at radius 2 is 2.67 bits per heavy atom. The van der Waals surface area contributed by atoms with Gasteiger partial charge in [0.15, 0.2) is 0 Å². The standard InChI is InChI=1S/C3H5IN2/c1-6-3-2-4-5-6/h2-3H,1H3. The van der Waals surface area contributed by atoms with E-state index < -0.39 is 0 Å². The van der Waals surface area contributed by atoms with Crippen LogP contribution in [0.4, 0.5) is 0 Å². The summed E-state index contributed by atoms with van der Waals surface area (Å²) in [4.78, 5) is 0. The molecule has 0 atom stereocenters. The van der Waals surface area contributed by atoms with E-state index in [2.05, 4.69) is 7.34 Å². The first-order valence-electron chi connectivity index (χ1n) is 1.63. The Hall–Kier alpha value is 0.0700. The van der Waals surface area contributed by atoms with Crippen molar-refractivity contribution in [3.63, 3.8) is 0 Å². The van der Waals surface area contributed by atoms with Crippen molar-refractivity contribution in [3.8, 4) is 0 Å². The molecule has 0 unspecified atom stereocenters. The molecule has 6 heavy (non-hydrogen) atoms. The first kappa shape index (κ1) is 4.23. The molecule has 0 aromatic rings. The number of hydrogen-bond acceptors (Lipinski definition) is 2. The van der Waals surface area contributed by atoms with Gasteiger partial charge in [-0.25, -0.2) is 0 Å². The van der Waals surface area contributed by atoms with Crippen molar-refractivity contribution in [1.82, 2.24) is 5.01 Å². The molecule has 0 aromatic heterocycles. The van der Waals surface area contributed by atoms with E-state index in [0.29, 0.717) is 0 Å². The van der Waals surface area contributed by atoms with E-state index in [9.17, 15) is 0 Å². The lowest BCUT2D eigenvalue weighted by atomic mass is 11.0. The predicted molar refractivity (Wildman–Crippen MR) is 33.4 cm³/mol. The molecule has 1 aliphatic rings. The normalized spacial score (nSPS) is 18.5. The summed E-state index contributed by atoms with van der Waals surface area (Å²) in [6.45, 7) is 0. The summed E-state index contributed by atoms with van der Waals surface area (Å²) in [5.41, 5.74) is 0. The molecule has 0 aromatic carbocycles. The van der Waals surface area contributed by atoms with Gasteiger partial charge in [0.2, 0.25) is 0 Å². The van der Waals surface area contributed by atoms with Crippen LogP contribution in [-0.2, 0) is 0 Å². The van der Waals surface area contributed by atoms with Gasteiger partial charge < -0.3 is 0 Å². The minimum Gasteiger partial charge on any atom is -0.271 e. The van der Waals surface area contributed by atoms with Crippen LogP contribution in [0.2, 0.25) is 0 Å². The molecule has 3 heteroatoms. The van der Waals surface area contributed by atoms with Crippen LogP contribution in [0, 0.1) is 0 Å². The minimum atomic E-state index is 0.0724. The van der Waals surface area contributed by atoms with Gasteiger partial charge in [0.25, 0.3) is 0 Å². The fourth-order valence-corrected chi connectivity index (χ4v) is 1.52.